The van der Waals surface area contributed by atoms with E-state index in [2.05, 4.69) is 16.4 Å². The molecule has 6 rings (SSSR count). The predicted molar refractivity (Wildman–Crippen MR) is 179 cm³/mol. The molecule has 1 aromatic carbocycles. The number of aliphatic hydroxyl groups excluding tert-OH is 2. The molecular weight excluding hydrogens is 632 g/mol. The first-order valence-electron chi connectivity index (χ1n) is 18.1. The molecule has 4 N–H and O–H groups in total. The van der Waals surface area contributed by atoms with Crippen LogP contribution in [0.2, 0.25) is 0 Å². The smallest absolute Gasteiger partial charge is 0.238 e. The second-order valence-corrected chi connectivity index (χ2v) is 13.5. The number of hydrogen-bond acceptors (Lipinski definition) is 12. The number of oxime groups is 1. The van der Waals surface area contributed by atoms with Crippen molar-refractivity contribution in [2.75, 3.05) is 33.0 Å². The number of aliphatic hydroxyl groups is 3. The summed E-state index contributed by atoms with van der Waals surface area (Å²) in [4.78, 5) is 6.08. The number of aromatic nitrogens is 3. The van der Waals surface area contributed by atoms with Gasteiger partial charge in [-0.15, -0.1) is 5.10 Å². The Morgan fingerprint density at radius 2 is 1.84 bits per heavy atom. The number of allylic oxidation sites excluding steroid dienone is 1. The molecule has 0 amide bonds. The summed E-state index contributed by atoms with van der Waals surface area (Å²) >= 11 is 0. The van der Waals surface area contributed by atoms with Gasteiger partial charge in [-0.1, -0.05) is 29.3 Å². The molecule has 3 heterocycles. The number of phenolic OH excluding ortho intramolecular Hbond substituents is 1. The van der Waals surface area contributed by atoms with Gasteiger partial charge in [0, 0.05) is 50.8 Å². The number of phenols is 1. The molecular formula is C36H52N4O9. The van der Waals surface area contributed by atoms with E-state index >= 15 is 0 Å². The average Bonchev–Trinajstić information content (AvgIpc) is 3.59. The quantitative estimate of drug-likeness (QED) is 0.108. The molecule has 0 spiro atoms. The number of rotatable bonds is 16. The van der Waals surface area contributed by atoms with Crippen molar-refractivity contribution < 1.29 is 44.2 Å². The van der Waals surface area contributed by atoms with Gasteiger partial charge in [-0.3, -0.25) is 0 Å². The lowest BCUT2D eigenvalue weighted by Crippen LogP contribution is -2.62. The molecule has 1 unspecified atom stereocenters. The number of unbranched alkanes of at least 4 members (excludes halogenated alkanes) is 2. The van der Waals surface area contributed by atoms with Crippen LogP contribution in [0.1, 0.15) is 108 Å². The van der Waals surface area contributed by atoms with E-state index in [1.807, 2.05) is 13.8 Å². The number of hydrogen-bond donors (Lipinski definition) is 4. The zero-order valence-electron chi connectivity index (χ0n) is 28.7. The Labute approximate surface area is 287 Å². The van der Waals surface area contributed by atoms with Gasteiger partial charge in [-0.2, -0.15) is 0 Å². The average molecular weight is 685 g/mol. The third-order valence-electron chi connectivity index (χ3n) is 10.5. The number of ether oxygens (including phenoxy) is 4. The van der Waals surface area contributed by atoms with Crippen LogP contribution >= 0.6 is 0 Å². The molecule has 1 saturated carbocycles. The van der Waals surface area contributed by atoms with Gasteiger partial charge in [0.15, 0.2) is 0 Å². The summed E-state index contributed by atoms with van der Waals surface area (Å²) in [5.74, 6) is -1.98. The highest BCUT2D eigenvalue weighted by Gasteiger charge is 2.63. The summed E-state index contributed by atoms with van der Waals surface area (Å²) in [5.41, 5.74) is 2.86. The zero-order valence-corrected chi connectivity index (χ0v) is 28.7. The minimum atomic E-state index is -1.81. The molecule has 2 aliphatic carbocycles. The van der Waals surface area contributed by atoms with E-state index < -0.39 is 30.3 Å². The van der Waals surface area contributed by atoms with Crippen LogP contribution in [0, 0.1) is 17.8 Å². The van der Waals surface area contributed by atoms with Crippen molar-refractivity contribution in [1.29, 1.82) is 0 Å². The minimum Gasteiger partial charge on any atom is -0.508 e. The van der Waals surface area contributed by atoms with Crippen LogP contribution in [0.3, 0.4) is 0 Å². The second-order valence-electron chi connectivity index (χ2n) is 13.5. The van der Waals surface area contributed by atoms with Gasteiger partial charge in [0.05, 0.1) is 24.4 Å². The van der Waals surface area contributed by atoms with Gasteiger partial charge >= 0.3 is 0 Å². The monoisotopic (exact) mass is 684 g/mol. The van der Waals surface area contributed by atoms with Crippen molar-refractivity contribution in [3.63, 3.8) is 0 Å². The Hall–Kier alpha value is -3.07. The lowest BCUT2D eigenvalue weighted by molar-refractivity contribution is -0.228. The number of nitrogens with zero attached hydrogens (tertiary/aromatic N) is 4. The van der Waals surface area contributed by atoms with Crippen LogP contribution in [-0.2, 0) is 19.0 Å². The number of aromatic hydroxyl groups is 1. The fourth-order valence-corrected chi connectivity index (χ4v) is 8.31. The SMILES string of the molecule is CCOC(OCC)c1cnnn1[C@H]1CC(=NOC2CCCCO2)C2=C[C@H](CCCCO)[C@@H](CCCCO)[C@@H]3c4cc(O)ccc4O[C@@]1(O)[C@H]23. The van der Waals surface area contributed by atoms with E-state index in [4.69, 9.17) is 28.9 Å². The molecule has 13 nitrogen and oxygen atoms in total. The van der Waals surface area contributed by atoms with E-state index in [0.717, 1.165) is 56.1 Å². The Kier molecular flexibility index (Phi) is 11.9. The van der Waals surface area contributed by atoms with Gasteiger partial charge in [-0.25, -0.2) is 4.68 Å². The van der Waals surface area contributed by atoms with Crippen molar-refractivity contribution in [2.45, 2.75) is 108 Å². The summed E-state index contributed by atoms with van der Waals surface area (Å²) in [6, 6.07) is 4.24. The van der Waals surface area contributed by atoms with E-state index in [1.54, 1.807) is 29.1 Å². The van der Waals surface area contributed by atoms with Gasteiger partial charge in [0.25, 0.3) is 0 Å². The van der Waals surface area contributed by atoms with Gasteiger partial charge < -0.3 is 44.2 Å². The predicted octanol–water partition coefficient (Wildman–Crippen LogP) is 4.88. The highest BCUT2D eigenvalue weighted by molar-refractivity contribution is 6.02. The van der Waals surface area contributed by atoms with Crippen LogP contribution in [0.4, 0.5) is 0 Å². The van der Waals surface area contributed by atoms with Crippen LogP contribution in [0.5, 0.6) is 11.5 Å². The Morgan fingerprint density at radius 1 is 1.06 bits per heavy atom. The molecule has 2 fully saturated rings. The molecule has 13 heteroatoms. The third kappa shape index (κ3) is 7.38. The molecule has 7 atom stereocenters. The van der Waals surface area contributed by atoms with Crippen LogP contribution in [0.25, 0.3) is 0 Å². The second kappa shape index (κ2) is 16.3. The first-order valence-corrected chi connectivity index (χ1v) is 18.1. The van der Waals surface area contributed by atoms with Crippen molar-refractivity contribution in [1.82, 2.24) is 15.0 Å². The molecule has 0 bridgehead atoms. The third-order valence-corrected chi connectivity index (χ3v) is 10.5. The highest BCUT2D eigenvalue weighted by Crippen LogP contribution is 2.62. The maximum absolute atomic E-state index is 13.1. The molecule has 270 valence electrons. The topological polar surface area (TPSA) is 170 Å². The molecule has 2 aromatic rings. The largest absolute Gasteiger partial charge is 0.508 e. The number of benzene rings is 1. The Bertz CT molecular complexity index is 1440. The molecule has 2 aliphatic heterocycles. The van der Waals surface area contributed by atoms with E-state index in [-0.39, 0.29) is 43.1 Å². The molecule has 0 radical (unpaired) electrons. The molecule has 1 aromatic heterocycles. The maximum Gasteiger partial charge on any atom is 0.238 e. The van der Waals surface area contributed by atoms with Crippen LogP contribution in [0.15, 0.2) is 41.2 Å². The molecule has 49 heavy (non-hydrogen) atoms. The Morgan fingerprint density at radius 3 is 2.55 bits per heavy atom. The highest BCUT2D eigenvalue weighted by atomic mass is 16.8. The summed E-state index contributed by atoms with van der Waals surface area (Å²) in [5, 5.41) is 56.8. The van der Waals surface area contributed by atoms with E-state index in [9.17, 15) is 20.4 Å². The molecule has 1 saturated heterocycles. The van der Waals surface area contributed by atoms with Crippen molar-refractivity contribution in [3.05, 3.63) is 47.3 Å². The van der Waals surface area contributed by atoms with Gasteiger partial charge in [0.1, 0.15) is 23.2 Å². The summed E-state index contributed by atoms with van der Waals surface area (Å²) in [6.07, 6.45) is 10.1. The standard InChI is InChI=1S/C36H52N4O9/c1-3-45-35(46-4-2)29-22-37-39-40(29)31-21-28(38-49-32-13-7-10-18-47-32)26-19-23(11-5-8-16-41)25(12-6-9-17-42)33-27-20-24(43)14-15-30(27)48-36(31,44)34(26)33/h14-15,19-20,22-23,25,31-35,41-44H,3-13,16-18,21H2,1-2H3/t23-,25+,31-,32?,33+,34+,36+/m0/s1. The van der Waals surface area contributed by atoms with Gasteiger partial charge in [0.2, 0.25) is 18.4 Å². The first kappa shape index (κ1) is 35.7. The summed E-state index contributed by atoms with van der Waals surface area (Å²) in [7, 11) is 0. The normalized spacial score (nSPS) is 30.1. The summed E-state index contributed by atoms with van der Waals surface area (Å²) in [6.45, 7) is 5.38. The van der Waals surface area contributed by atoms with E-state index in [0.29, 0.717) is 49.8 Å². The fourth-order valence-electron chi connectivity index (χ4n) is 8.31. The molecule has 4 aliphatic rings. The maximum atomic E-state index is 13.1. The Balaban J connectivity index is 1.52. The summed E-state index contributed by atoms with van der Waals surface area (Å²) < 4.78 is 26.1. The lowest BCUT2D eigenvalue weighted by atomic mass is 9.55. The first-order chi connectivity index (χ1) is 23.9. The van der Waals surface area contributed by atoms with Crippen molar-refractivity contribution in [3.8, 4) is 11.5 Å². The van der Waals surface area contributed by atoms with Crippen molar-refractivity contribution >= 4 is 5.71 Å². The van der Waals surface area contributed by atoms with Gasteiger partial charge in [-0.05, 0) is 88.0 Å². The van der Waals surface area contributed by atoms with Crippen LogP contribution < -0.4 is 4.74 Å². The van der Waals surface area contributed by atoms with Crippen molar-refractivity contribution in [2.24, 2.45) is 22.9 Å². The zero-order chi connectivity index (χ0) is 34.4. The number of fused-ring (bicyclic) bond motifs is 2. The minimum absolute atomic E-state index is 0.0346. The van der Waals surface area contributed by atoms with Crippen LogP contribution in [-0.4, -0.2) is 86.2 Å². The van der Waals surface area contributed by atoms with E-state index in [1.165, 1.54) is 0 Å². The lowest BCUT2D eigenvalue weighted by Gasteiger charge is -2.56. The fraction of sp³-hybridized carbons (Fsp3) is 0.694.